The van der Waals surface area contributed by atoms with Crippen LogP contribution >= 0.6 is 0 Å². The number of fused-ring (bicyclic) bond motifs is 1. The van der Waals surface area contributed by atoms with Crippen LogP contribution in [-0.4, -0.2) is 32.9 Å². The van der Waals surface area contributed by atoms with E-state index in [9.17, 15) is 9.90 Å². The second-order valence-electron chi connectivity index (χ2n) is 7.82. The van der Waals surface area contributed by atoms with Gasteiger partial charge in [0.05, 0.1) is 35.3 Å². The lowest BCUT2D eigenvalue weighted by atomic mass is 10.0. The predicted octanol–water partition coefficient (Wildman–Crippen LogP) is 4.23. The Morgan fingerprint density at radius 1 is 1.23 bits per heavy atom. The van der Waals surface area contributed by atoms with Gasteiger partial charge in [-0.1, -0.05) is 18.2 Å². The summed E-state index contributed by atoms with van der Waals surface area (Å²) in [5.41, 5.74) is 1.46. The number of hydrogen-bond acceptors (Lipinski definition) is 4. The van der Waals surface area contributed by atoms with Crippen molar-refractivity contribution in [3.8, 4) is 16.9 Å². The van der Waals surface area contributed by atoms with Crippen LogP contribution < -0.4 is 5.32 Å². The number of aromatic nitrogens is 2. The van der Waals surface area contributed by atoms with Gasteiger partial charge in [-0.3, -0.25) is 4.79 Å². The molecule has 7 heteroatoms. The lowest BCUT2D eigenvalue weighted by Crippen LogP contribution is -2.46. The summed E-state index contributed by atoms with van der Waals surface area (Å²) >= 11 is 0. The third-order valence-electron chi connectivity index (χ3n) is 4.95. The summed E-state index contributed by atoms with van der Waals surface area (Å²) in [7, 11) is 0. The number of para-hydroxylation sites is 1. The number of nitrogens with zero attached hydrogens (tertiary/aromatic N) is 2. The number of aryl methyl sites for hydroxylation is 1. The van der Waals surface area contributed by atoms with Crippen molar-refractivity contribution in [3.63, 3.8) is 0 Å². The highest BCUT2D eigenvalue weighted by Gasteiger charge is 2.26. The first kappa shape index (κ1) is 19.8. The molecular weight excluding hydrogens is 385 g/mol. The van der Waals surface area contributed by atoms with Crippen LogP contribution in [0.3, 0.4) is 0 Å². The van der Waals surface area contributed by atoms with E-state index in [0.29, 0.717) is 28.0 Å². The van der Waals surface area contributed by atoms with Gasteiger partial charge in [-0.25, -0.2) is 9.07 Å². The largest absolute Gasteiger partial charge is 0.460 e. The molecule has 4 aromatic rings. The number of halogens is 1. The highest BCUT2D eigenvalue weighted by atomic mass is 19.1. The minimum absolute atomic E-state index is 0.219. The number of aliphatic hydroxyl groups excluding tert-OH is 1. The van der Waals surface area contributed by atoms with Crippen molar-refractivity contribution in [2.75, 3.05) is 6.61 Å². The van der Waals surface area contributed by atoms with Crippen molar-refractivity contribution >= 4 is 16.9 Å². The number of carbonyl (C=O) groups excluding carboxylic acids is 1. The van der Waals surface area contributed by atoms with Crippen LogP contribution in [-0.2, 0) is 0 Å². The summed E-state index contributed by atoms with van der Waals surface area (Å²) in [6.07, 6.45) is 1.60. The Balaban J connectivity index is 1.86. The summed E-state index contributed by atoms with van der Waals surface area (Å²) in [6, 6.07) is 14.0. The van der Waals surface area contributed by atoms with E-state index < -0.39 is 11.4 Å². The highest BCUT2D eigenvalue weighted by molar-refractivity contribution is 6.08. The van der Waals surface area contributed by atoms with E-state index in [-0.39, 0.29) is 18.1 Å². The van der Waals surface area contributed by atoms with Crippen molar-refractivity contribution < 1.29 is 18.7 Å². The highest BCUT2D eigenvalue weighted by Crippen LogP contribution is 2.33. The Bertz CT molecular complexity index is 1230. The smallest absolute Gasteiger partial charge is 0.255 e. The van der Waals surface area contributed by atoms with Gasteiger partial charge in [-0.15, -0.1) is 0 Å². The van der Waals surface area contributed by atoms with Gasteiger partial charge >= 0.3 is 0 Å². The molecule has 0 radical (unpaired) electrons. The zero-order valence-corrected chi connectivity index (χ0v) is 16.9. The molecule has 0 saturated carbocycles. The maximum Gasteiger partial charge on any atom is 0.255 e. The molecule has 0 unspecified atom stereocenters. The van der Waals surface area contributed by atoms with E-state index in [1.165, 1.54) is 6.07 Å². The summed E-state index contributed by atoms with van der Waals surface area (Å²) in [6.45, 7) is 4.87. The number of amides is 1. The average molecular weight is 407 g/mol. The molecule has 0 spiro atoms. The quantitative estimate of drug-likeness (QED) is 0.519. The molecule has 154 valence electrons. The molecule has 30 heavy (non-hydrogen) atoms. The Labute approximate surface area is 172 Å². The molecule has 6 nitrogen and oxygen atoms in total. The Hall–Kier alpha value is -3.45. The number of furan rings is 1. The zero-order chi connectivity index (χ0) is 21.5. The second-order valence-corrected chi connectivity index (χ2v) is 7.82. The molecule has 0 bridgehead atoms. The third-order valence-corrected chi connectivity index (χ3v) is 4.95. The molecule has 1 amide bonds. The third kappa shape index (κ3) is 3.48. The standard InChI is InChI=1S/C23H22FN3O3/c1-14-21(22(29)26-23(2,3)13-28)17-11-16(18(24)12-20(17)30-14)19-9-10-25-27(19)15-7-5-4-6-8-15/h4-12,28H,13H2,1-3H3,(H,26,29). The summed E-state index contributed by atoms with van der Waals surface area (Å²) < 4.78 is 22.3. The maximum atomic E-state index is 15.0. The van der Waals surface area contributed by atoms with Crippen LogP contribution in [0.2, 0.25) is 0 Å². The first-order valence-corrected chi connectivity index (χ1v) is 9.56. The van der Waals surface area contributed by atoms with Crippen molar-refractivity contribution in [2.45, 2.75) is 26.3 Å². The van der Waals surface area contributed by atoms with Crippen LogP contribution in [0.1, 0.15) is 30.0 Å². The van der Waals surface area contributed by atoms with Crippen molar-refractivity contribution in [3.05, 3.63) is 71.9 Å². The number of carbonyl (C=O) groups is 1. The SMILES string of the molecule is Cc1oc2cc(F)c(-c3ccnn3-c3ccccc3)cc2c1C(=O)NC(C)(C)CO. The van der Waals surface area contributed by atoms with Crippen LogP contribution in [0.15, 0.2) is 59.1 Å². The molecule has 2 heterocycles. The molecule has 0 aliphatic rings. The molecule has 0 fully saturated rings. The Kier molecular flexibility index (Phi) is 4.91. The van der Waals surface area contributed by atoms with Crippen LogP contribution in [0.4, 0.5) is 4.39 Å². The molecule has 0 aliphatic heterocycles. The number of aliphatic hydroxyl groups is 1. The fourth-order valence-corrected chi connectivity index (χ4v) is 3.41. The van der Waals surface area contributed by atoms with Crippen molar-refractivity contribution in [1.82, 2.24) is 15.1 Å². The van der Waals surface area contributed by atoms with Crippen molar-refractivity contribution in [1.29, 1.82) is 0 Å². The van der Waals surface area contributed by atoms with E-state index in [0.717, 1.165) is 5.69 Å². The van der Waals surface area contributed by atoms with Gasteiger partial charge in [0, 0.05) is 17.0 Å². The second kappa shape index (κ2) is 7.42. The minimum atomic E-state index is -0.804. The van der Waals surface area contributed by atoms with E-state index >= 15 is 4.39 Å². The number of rotatable bonds is 5. The zero-order valence-electron chi connectivity index (χ0n) is 16.9. The molecule has 0 atom stereocenters. The molecule has 4 rings (SSSR count). The van der Waals surface area contributed by atoms with Gasteiger partial charge in [0.15, 0.2) is 0 Å². The first-order valence-electron chi connectivity index (χ1n) is 9.56. The maximum absolute atomic E-state index is 15.0. The van der Waals surface area contributed by atoms with Crippen LogP contribution in [0.5, 0.6) is 0 Å². The lowest BCUT2D eigenvalue weighted by Gasteiger charge is -2.23. The number of hydrogen-bond donors (Lipinski definition) is 2. The average Bonchev–Trinajstić information content (AvgIpc) is 3.31. The fourth-order valence-electron chi connectivity index (χ4n) is 3.41. The Morgan fingerprint density at radius 3 is 2.67 bits per heavy atom. The first-order chi connectivity index (χ1) is 14.3. The van der Waals surface area contributed by atoms with Gasteiger partial charge in [0.1, 0.15) is 17.2 Å². The summed E-state index contributed by atoms with van der Waals surface area (Å²) in [5.74, 6) is -0.486. The molecule has 2 N–H and O–H groups in total. The topological polar surface area (TPSA) is 80.3 Å². The fraction of sp³-hybridized carbons (Fsp3) is 0.217. The number of nitrogens with one attached hydrogen (secondary N) is 1. The molecule has 0 aliphatic carbocycles. The summed E-state index contributed by atoms with van der Waals surface area (Å²) in [5, 5.41) is 17.1. The molecule has 0 saturated heterocycles. The van der Waals surface area contributed by atoms with Crippen molar-refractivity contribution in [2.24, 2.45) is 0 Å². The van der Waals surface area contributed by atoms with E-state index in [1.807, 2.05) is 30.3 Å². The van der Waals surface area contributed by atoms with E-state index in [2.05, 4.69) is 10.4 Å². The van der Waals surface area contributed by atoms with Gasteiger partial charge in [0.25, 0.3) is 5.91 Å². The molecule has 2 aromatic heterocycles. The number of benzene rings is 2. The normalized spacial score (nSPS) is 11.8. The van der Waals surface area contributed by atoms with E-state index in [1.54, 1.807) is 43.8 Å². The monoisotopic (exact) mass is 407 g/mol. The van der Waals surface area contributed by atoms with Crippen LogP contribution in [0, 0.1) is 12.7 Å². The Morgan fingerprint density at radius 2 is 1.97 bits per heavy atom. The molecular formula is C23H22FN3O3. The van der Waals surface area contributed by atoms with E-state index in [4.69, 9.17) is 4.42 Å². The van der Waals surface area contributed by atoms with Gasteiger partial charge in [0.2, 0.25) is 0 Å². The predicted molar refractivity (Wildman–Crippen MR) is 112 cm³/mol. The van der Waals surface area contributed by atoms with Gasteiger partial charge in [-0.05, 0) is 45.0 Å². The van der Waals surface area contributed by atoms with Gasteiger partial charge in [-0.2, -0.15) is 5.10 Å². The van der Waals surface area contributed by atoms with Gasteiger partial charge < -0.3 is 14.8 Å². The minimum Gasteiger partial charge on any atom is -0.460 e. The van der Waals surface area contributed by atoms with Crippen LogP contribution in [0.25, 0.3) is 27.9 Å². The molecule has 2 aromatic carbocycles. The lowest BCUT2D eigenvalue weighted by molar-refractivity contribution is 0.0869. The summed E-state index contributed by atoms with van der Waals surface area (Å²) in [4.78, 5) is 12.9.